The fourth-order valence-corrected chi connectivity index (χ4v) is 2.89. The van der Waals surface area contributed by atoms with Crippen molar-refractivity contribution in [1.29, 1.82) is 0 Å². The minimum atomic E-state index is -5.05. The highest BCUT2D eigenvalue weighted by Gasteiger charge is 2.39. The number of anilines is 2. The summed E-state index contributed by atoms with van der Waals surface area (Å²) in [5.74, 6) is 0. The SMILES string of the molecule is Cc1cc(Br)ccc1N(C=O)c1c([N+](=O)[O-])cc(C(F)(F)F)cc1[N+](=O)[O-]. The molecular weight excluding hydrogens is 439 g/mol. The highest BCUT2D eigenvalue weighted by atomic mass is 79.9. The topological polar surface area (TPSA) is 107 Å². The number of hydrogen-bond donors (Lipinski definition) is 0. The van der Waals surface area contributed by atoms with Gasteiger partial charge in [-0.2, -0.15) is 13.2 Å². The Bertz CT molecular complexity index is 914. The van der Waals surface area contributed by atoms with Crippen LogP contribution >= 0.6 is 15.9 Å². The standard InChI is InChI=1S/C15H9BrF3N3O5/c1-8-4-10(16)2-3-11(8)20(7-23)14-12(21(24)25)5-9(15(17,18)19)6-13(14)22(26)27/h2-7H,1H3. The van der Waals surface area contributed by atoms with Crippen LogP contribution in [-0.4, -0.2) is 16.3 Å². The van der Waals surface area contributed by atoms with Gasteiger partial charge in [-0.05, 0) is 30.7 Å². The molecule has 142 valence electrons. The summed E-state index contributed by atoms with van der Waals surface area (Å²) in [7, 11) is 0. The number of rotatable bonds is 5. The van der Waals surface area contributed by atoms with E-state index in [2.05, 4.69) is 15.9 Å². The van der Waals surface area contributed by atoms with E-state index in [1.807, 2.05) is 0 Å². The summed E-state index contributed by atoms with van der Waals surface area (Å²) in [5, 5.41) is 22.7. The average Bonchev–Trinajstić information content (AvgIpc) is 2.55. The van der Waals surface area contributed by atoms with Crippen LogP contribution in [0.15, 0.2) is 34.8 Å². The lowest BCUT2D eigenvalue weighted by molar-refractivity contribution is -0.392. The molecule has 12 heteroatoms. The first kappa shape index (κ1) is 20.3. The van der Waals surface area contributed by atoms with Crippen LogP contribution in [0.25, 0.3) is 0 Å². The minimum Gasteiger partial charge on any atom is -0.278 e. The second-order valence-electron chi connectivity index (χ2n) is 5.28. The van der Waals surface area contributed by atoms with Gasteiger partial charge in [0.2, 0.25) is 12.1 Å². The largest absolute Gasteiger partial charge is 0.416 e. The lowest BCUT2D eigenvalue weighted by atomic mass is 10.1. The van der Waals surface area contributed by atoms with Crippen molar-refractivity contribution in [3.63, 3.8) is 0 Å². The van der Waals surface area contributed by atoms with Crippen molar-refractivity contribution in [2.75, 3.05) is 4.90 Å². The van der Waals surface area contributed by atoms with Crippen molar-refractivity contribution in [3.05, 3.63) is 66.2 Å². The molecular formula is C15H9BrF3N3O5. The van der Waals surface area contributed by atoms with E-state index in [0.717, 1.165) is 0 Å². The number of aryl methyl sites for hydroxylation is 1. The van der Waals surface area contributed by atoms with Crippen molar-refractivity contribution in [1.82, 2.24) is 0 Å². The van der Waals surface area contributed by atoms with Crippen molar-refractivity contribution < 1.29 is 27.8 Å². The number of hydrogen-bond acceptors (Lipinski definition) is 5. The van der Waals surface area contributed by atoms with Crippen molar-refractivity contribution in [2.45, 2.75) is 13.1 Å². The zero-order valence-electron chi connectivity index (χ0n) is 13.4. The molecule has 8 nitrogen and oxygen atoms in total. The predicted molar refractivity (Wildman–Crippen MR) is 91.8 cm³/mol. The summed E-state index contributed by atoms with van der Waals surface area (Å²) in [6.45, 7) is 1.53. The lowest BCUT2D eigenvalue weighted by Crippen LogP contribution is -2.19. The molecule has 1 amide bonds. The van der Waals surface area contributed by atoms with E-state index in [9.17, 15) is 38.2 Å². The van der Waals surface area contributed by atoms with Crippen LogP contribution in [0.3, 0.4) is 0 Å². The third-order valence-corrected chi connectivity index (χ3v) is 4.05. The fourth-order valence-electron chi connectivity index (χ4n) is 2.41. The fraction of sp³-hybridized carbons (Fsp3) is 0.133. The molecule has 0 aliphatic rings. The molecule has 0 aliphatic carbocycles. The van der Waals surface area contributed by atoms with Gasteiger partial charge in [-0.15, -0.1) is 0 Å². The van der Waals surface area contributed by atoms with Crippen LogP contribution in [0.5, 0.6) is 0 Å². The normalized spacial score (nSPS) is 11.1. The second kappa shape index (κ2) is 7.31. The number of amides is 1. The van der Waals surface area contributed by atoms with Crippen LogP contribution in [0.4, 0.5) is 35.9 Å². The Labute approximate surface area is 157 Å². The quantitative estimate of drug-likeness (QED) is 0.368. The Kier molecular flexibility index (Phi) is 5.49. The summed E-state index contributed by atoms with van der Waals surface area (Å²) in [6.07, 6.45) is -4.98. The highest BCUT2D eigenvalue weighted by molar-refractivity contribution is 9.10. The van der Waals surface area contributed by atoms with Crippen molar-refractivity contribution >= 4 is 45.1 Å². The Morgan fingerprint density at radius 2 is 1.59 bits per heavy atom. The third-order valence-electron chi connectivity index (χ3n) is 3.56. The van der Waals surface area contributed by atoms with E-state index in [4.69, 9.17) is 0 Å². The molecule has 0 aliphatic heterocycles. The van der Waals surface area contributed by atoms with Gasteiger partial charge in [0.25, 0.3) is 0 Å². The maximum absolute atomic E-state index is 13.0. The predicted octanol–water partition coefficient (Wildman–Crippen LogP) is 4.89. The molecule has 0 saturated carbocycles. The Hall–Kier alpha value is -3.02. The maximum atomic E-state index is 13.0. The van der Waals surface area contributed by atoms with Crippen molar-refractivity contribution in [3.8, 4) is 0 Å². The molecule has 2 rings (SSSR count). The molecule has 0 radical (unpaired) electrons. The van der Waals surface area contributed by atoms with E-state index >= 15 is 0 Å². The van der Waals surface area contributed by atoms with E-state index in [1.165, 1.54) is 25.1 Å². The molecule has 0 heterocycles. The highest BCUT2D eigenvalue weighted by Crippen LogP contribution is 2.45. The van der Waals surface area contributed by atoms with Gasteiger partial charge in [-0.3, -0.25) is 29.9 Å². The molecule has 0 aromatic heterocycles. The monoisotopic (exact) mass is 447 g/mol. The van der Waals surface area contributed by atoms with E-state index in [1.54, 1.807) is 0 Å². The number of nitro groups is 2. The number of nitrogens with zero attached hydrogens (tertiary/aromatic N) is 3. The maximum Gasteiger partial charge on any atom is 0.416 e. The average molecular weight is 448 g/mol. The molecule has 0 saturated heterocycles. The number of carbonyl (C=O) groups is 1. The van der Waals surface area contributed by atoms with Gasteiger partial charge in [-0.25, -0.2) is 0 Å². The van der Waals surface area contributed by atoms with Crippen LogP contribution in [0, 0.1) is 27.2 Å². The number of halogens is 4. The molecule has 0 unspecified atom stereocenters. The number of nitro benzene ring substituents is 2. The molecule has 0 fully saturated rings. The third kappa shape index (κ3) is 4.05. The van der Waals surface area contributed by atoms with Crippen LogP contribution in [0.2, 0.25) is 0 Å². The minimum absolute atomic E-state index is 0.0409. The summed E-state index contributed by atoms with van der Waals surface area (Å²) < 4.78 is 39.6. The van der Waals surface area contributed by atoms with Gasteiger partial charge >= 0.3 is 17.6 Å². The van der Waals surface area contributed by atoms with Crippen LogP contribution < -0.4 is 4.90 Å². The van der Waals surface area contributed by atoms with Crippen LogP contribution in [0.1, 0.15) is 11.1 Å². The van der Waals surface area contributed by atoms with E-state index in [0.29, 0.717) is 14.9 Å². The number of alkyl halides is 3. The molecule has 2 aromatic carbocycles. The number of benzene rings is 2. The summed E-state index contributed by atoms with van der Waals surface area (Å²) in [6, 6.07) is 4.67. The summed E-state index contributed by atoms with van der Waals surface area (Å²) >= 11 is 3.18. The first-order valence-corrected chi connectivity index (χ1v) is 7.81. The first-order valence-electron chi connectivity index (χ1n) is 7.02. The van der Waals surface area contributed by atoms with Gasteiger partial charge in [0.1, 0.15) is 0 Å². The van der Waals surface area contributed by atoms with Crippen LogP contribution in [-0.2, 0) is 11.0 Å². The Morgan fingerprint density at radius 3 is 1.96 bits per heavy atom. The Balaban J connectivity index is 2.88. The zero-order valence-corrected chi connectivity index (χ0v) is 14.9. The summed E-state index contributed by atoms with van der Waals surface area (Å²) in [4.78, 5) is 32.5. The van der Waals surface area contributed by atoms with Gasteiger partial charge < -0.3 is 0 Å². The molecule has 0 bridgehead atoms. The van der Waals surface area contributed by atoms with Gasteiger partial charge in [0.05, 0.1) is 21.1 Å². The zero-order chi connectivity index (χ0) is 20.5. The molecule has 0 spiro atoms. The van der Waals surface area contributed by atoms with Crippen molar-refractivity contribution in [2.24, 2.45) is 0 Å². The van der Waals surface area contributed by atoms with E-state index < -0.39 is 38.6 Å². The van der Waals surface area contributed by atoms with Gasteiger partial charge in [0, 0.05) is 16.6 Å². The number of carbonyl (C=O) groups excluding carboxylic acids is 1. The summed E-state index contributed by atoms with van der Waals surface area (Å²) in [5.41, 5.74) is -4.42. The van der Waals surface area contributed by atoms with E-state index in [-0.39, 0.29) is 24.2 Å². The molecule has 0 N–H and O–H groups in total. The second-order valence-corrected chi connectivity index (χ2v) is 6.20. The van der Waals surface area contributed by atoms with Gasteiger partial charge in [-0.1, -0.05) is 15.9 Å². The Morgan fingerprint density at radius 1 is 1.07 bits per heavy atom. The van der Waals surface area contributed by atoms with Gasteiger partial charge in [0.15, 0.2) is 0 Å². The molecule has 27 heavy (non-hydrogen) atoms. The smallest absolute Gasteiger partial charge is 0.278 e. The lowest BCUT2D eigenvalue weighted by Gasteiger charge is -2.20. The first-order chi connectivity index (χ1) is 12.5. The molecule has 0 atom stereocenters. The molecule has 2 aromatic rings.